The maximum absolute atomic E-state index is 13.1. The first-order chi connectivity index (χ1) is 20.5. The molecule has 0 aliphatic heterocycles. The van der Waals surface area contributed by atoms with Crippen molar-refractivity contribution in [2.75, 3.05) is 0 Å². The number of carbonyl (C=O) groups is 2. The van der Waals surface area contributed by atoms with Gasteiger partial charge in [0, 0.05) is 25.1 Å². The van der Waals surface area contributed by atoms with E-state index >= 15 is 0 Å². The number of aromatic nitrogens is 2. The van der Waals surface area contributed by atoms with E-state index in [0.29, 0.717) is 40.9 Å². The summed E-state index contributed by atoms with van der Waals surface area (Å²) in [5.74, 6) is -4.27. The largest absolute Gasteiger partial charge is 0.476 e. The standard InChI is InChI=1S/C29H27F3N4O5S2/c1-2-5-24-34-26(42-28(31)32)25(27(37)38)36(24)17-19-8-12-20(13-9-19)22-6-3-4-7-23(22)43(40,41)35-29(39)33-16-18-10-14-21(30)15-11-18/h3-4,6-15,28H,2,5,16-17H2,1H3,(H,37,38)(H2,33,35,39). The van der Waals surface area contributed by atoms with Gasteiger partial charge in [-0.25, -0.2) is 32.1 Å². The number of benzene rings is 3. The van der Waals surface area contributed by atoms with E-state index in [0.717, 1.165) is 0 Å². The number of halogens is 3. The third kappa shape index (κ3) is 7.96. The molecule has 226 valence electrons. The van der Waals surface area contributed by atoms with Crippen LogP contribution in [0.2, 0.25) is 0 Å². The zero-order valence-corrected chi connectivity index (χ0v) is 24.4. The first-order valence-corrected chi connectivity index (χ1v) is 15.4. The number of aromatic carboxylic acids is 1. The van der Waals surface area contributed by atoms with Gasteiger partial charge < -0.3 is 15.0 Å². The van der Waals surface area contributed by atoms with Gasteiger partial charge in [-0.1, -0.05) is 61.5 Å². The Kier molecular flexibility index (Phi) is 10.1. The quantitative estimate of drug-likeness (QED) is 0.166. The molecule has 4 rings (SSSR count). The van der Waals surface area contributed by atoms with E-state index in [9.17, 15) is 36.3 Å². The lowest BCUT2D eigenvalue weighted by atomic mass is 10.0. The number of nitrogens with zero attached hydrogens (tertiary/aromatic N) is 2. The molecule has 14 heteroatoms. The Morgan fingerprint density at radius 3 is 2.28 bits per heavy atom. The van der Waals surface area contributed by atoms with Gasteiger partial charge in [0.25, 0.3) is 15.8 Å². The lowest BCUT2D eigenvalue weighted by Gasteiger charge is -2.14. The number of carboxylic acid groups (broad SMARTS) is 1. The molecule has 0 fully saturated rings. The normalized spacial score (nSPS) is 11.5. The number of rotatable bonds is 12. The van der Waals surface area contributed by atoms with Crippen LogP contribution < -0.4 is 10.0 Å². The maximum Gasteiger partial charge on any atom is 0.355 e. The minimum atomic E-state index is -4.31. The van der Waals surface area contributed by atoms with Crippen LogP contribution in [0.15, 0.2) is 82.7 Å². The number of carbonyl (C=O) groups excluding carboxylic acids is 1. The van der Waals surface area contributed by atoms with E-state index in [1.54, 1.807) is 36.4 Å². The van der Waals surface area contributed by atoms with E-state index in [2.05, 4.69) is 10.3 Å². The second-order valence-electron chi connectivity index (χ2n) is 9.31. The molecule has 1 aromatic heterocycles. The van der Waals surface area contributed by atoms with Crippen LogP contribution in [0, 0.1) is 5.82 Å². The minimum Gasteiger partial charge on any atom is -0.476 e. The van der Waals surface area contributed by atoms with E-state index < -0.39 is 33.6 Å². The van der Waals surface area contributed by atoms with Gasteiger partial charge in [0.2, 0.25) is 0 Å². The highest BCUT2D eigenvalue weighted by molar-refractivity contribution is 7.99. The highest BCUT2D eigenvalue weighted by Crippen LogP contribution is 2.31. The maximum atomic E-state index is 13.1. The van der Waals surface area contributed by atoms with Crippen LogP contribution in [0.1, 0.15) is 40.8 Å². The zero-order chi connectivity index (χ0) is 31.1. The summed E-state index contributed by atoms with van der Waals surface area (Å²) >= 11 is 0.0837. The molecule has 0 aliphatic rings. The smallest absolute Gasteiger partial charge is 0.355 e. The van der Waals surface area contributed by atoms with Crippen molar-refractivity contribution in [2.24, 2.45) is 0 Å². The van der Waals surface area contributed by atoms with E-state index in [1.807, 2.05) is 11.6 Å². The molecule has 0 saturated heterocycles. The van der Waals surface area contributed by atoms with Crippen molar-refractivity contribution in [3.05, 3.63) is 101 Å². The molecule has 0 bridgehead atoms. The van der Waals surface area contributed by atoms with Gasteiger partial charge in [0.1, 0.15) is 16.7 Å². The number of alkyl halides is 2. The fourth-order valence-electron chi connectivity index (χ4n) is 4.34. The number of nitrogens with one attached hydrogen (secondary N) is 2. The molecule has 4 aromatic rings. The van der Waals surface area contributed by atoms with Crippen LogP contribution in [-0.4, -0.2) is 40.8 Å². The third-order valence-corrected chi connectivity index (χ3v) is 8.34. The van der Waals surface area contributed by atoms with Gasteiger partial charge in [-0.05, 0) is 53.1 Å². The van der Waals surface area contributed by atoms with E-state index in [4.69, 9.17) is 0 Å². The lowest BCUT2D eigenvalue weighted by molar-refractivity contribution is 0.0681. The Morgan fingerprint density at radius 2 is 1.65 bits per heavy atom. The molecule has 0 spiro atoms. The molecule has 3 aromatic carbocycles. The van der Waals surface area contributed by atoms with Crippen molar-refractivity contribution in [2.45, 2.75) is 48.5 Å². The van der Waals surface area contributed by atoms with E-state index in [-0.39, 0.29) is 40.5 Å². The van der Waals surface area contributed by atoms with Crippen LogP contribution in [0.4, 0.5) is 18.0 Å². The number of sulfonamides is 1. The topological polar surface area (TPSA) is 130 Å². The van der Waals surface area contributed by atoms with Crippen molar-refractivity contribution >= 4 is 33.8 Å². The molecule has 0 atom stereocenters. The first kappa shape index (κ1) is 31.6. The Bertz CT molecular complexity index is 1710. The molecule has 0 unspecified atom stereocenters. The first-order valence-electron chi connectivity index (χ1n) is 13.0. The molecule has 3 N–H and O–H groups in total. The molecule has 0 aliphatic carbocycles. The van der Waals surface area contributed by atoms with E-state index in [1.165, 1.54) is 41.0 Å². The Hall–Kier alpha value is -4.30. The summed E-state index contributed by atoms with van der Waals surface area (Å²) in [6.07, 6.45) is 1.01. The Balaban J connectivity index is 1.55. The summed E-state index contributed by atoms with van der Waals surface area (Å²) in [4.78, 5) is 28.4. The van der Waals surface area contributed by atoms with Crippen molar-refractivity contribution in [1.29, 1.82) is 0 Å². The van der Waals surface area contributed by atoms with Gasteiger partial charge in [0.15, 0.2) is 5.69 Å². The van der Waals surface area contributed by atoms with Crippen LogP contribution >= 0.6 is 11.8 Å². The van der Waals surface area contributed by atoms with Crippen LogP contribution in [-0.2, 0) is 29.5 Å². The molecule has 1 heterocycles. The Labute approximate surface area is 250 Å². The highest BCUT2D eigenvalue weighted by atomic mass is 32.2. The molecule has 0 saturated carbocycles. The summed E-state index contributed by atoms with van der Waals surface area (Å²) in [5, 5.41) is 11.9. The van der Waals surface area contributed by atoms with Gasteiger partial charge in [-0.2, -0.15) is 8.78 Å². The van der Waals surface area contributed by atoms with Crippen LogP contribution in [0.25, 0.3) is 11.1 Å². The molecular formula is C29H27F3N4O5S2. The molecular weight excluding hydrogens is 605 g/mol. The third-order valence-electron chi connectivity index (χ3n) is 6.27. The van der Waals surface area contributed by atoms with Crippen molar-refractivity contribution in [3.63, 3.8) is 0 Å². The number of aryl methyl sites for hydroxylation is 1. The highest BCUT2D eigenvalue weighted by Gasteiger charge is 2.26. The van der Waals surface area contributed by atoms with Crippen molar-refractivity contribution in [1.82, 2.24) is 19.6 Å². The number of amides is 2. The fourth-order valence-corrected chi connectivity index (χ4v) is 6.14. The van der Waals surface area contributed by atoms with Gasteiger partial charge in [-0.3, -0.25) is 0 Å². The zero-order valence-electron chi connectivity index (χ0n) is 22.8. The predicted molar refractivity (Wildman–Crippen MR) is 155 cm³/mol. The molecule has 2 amide bonds. The number of hydrogen-bond acceptors (Lipinski definition) is 6. The number of carboxylic acids is 1. The second kappa shape index (κ2) is 13.8. The van der Waals surface area contributed by atoms with Crippen molar-refractivity contribution < 1.29 is 36.3 Å². The molecule has 43 heavy (non-hydrogen) atoms. The minimum absolute atomic E-state index is 0.0203. The van der Waals surface area contributed by atoms with Gasteiger partial charge in [0.05, 0.1) is 4.90 Å². The summed E-state index contributed by atoms with van der Waals surface area (Å²) in [6.45, 7) is 1.89. The number of hydrogen-bond donors (Lipinski definition) is 3. The van der Waals surface area contributed by atoms with Gasteiger partial charge >= 0.3 is 12.0 Å². The molecule has 0 radical (unpaired) electrons. The SMILES string of the molecule is CCCc1nc(SC(F)F)c(C(=O)O)n1Cc1ccc(-c2ccccc2S(=O)(=O)NC(=O)NCc2ccc(F)cc2)cc1. The monoisotopic (exact) mass is 632 g/mol. The van der Waals surface area contributed by atoms with Crippen LogP contribution in [0.5, 0.6) is 0 Å². The van der Waals surface area contributed by atoms with Crippen LogP contribution in [0.3, 0.4) is 0 Å². The number of thioether (sulfide) groups is 1. The fraction of sp³-hybridized carbons (Fsp3) is 0.207. The average Bonchev–Trinajstić information content (AvgIpc) is 3.28. The summed E-state index contributed by atoms with van der Waals surface area (Å²) in [7, 11) is -4.31. The van der Waals surface area contributed by atoms with Gasteiger partial charge in [-0.15, -0.1) is 0 Å². The number of imidazole rings is 1. The summed E-state index contributed by atoms with van der Waals surface area (Å²) in [6, 6.07) is 17.1. The lowest BCUT2D eigenvalue weighted by Crippen LogP contribution is -2.39. The molecule has 9 nitrogen and oxygen atoms in total. The summed E-state index contributed by atoms with van der Waals surface area (Å²) in [5.41, 5.74) is 1.70. The predicted octanol–water partition coefficient (Wildman–Crippen LogP) is 5.89. The Morgan fingerprint density at radius 1 is 1.00 bits per heavy atom. The average molecular weight is 633 g/mol. The summed E-state index contributed by atoms with van der Waals surface area (Å²) < 4.78 is 68.9. The second-order valence-corrected chi connectivity index (χ2v) is 11.9. The number of urea groups is 1. The van der Waals surface area contributed by atoms with Crippen molar-refractivity contribution in [3.8, 4) is 11.1 Å².